The molecule has 1 aromatic carbocycles. The zero-order chi connectivity index (χ0) is 20.2. The molecule has 0 radical (unpaired) electrons. The summed E-state index contributed by atoms with van der Waals surface area (Å²) in [6.07, 6.45) is 8.02. The summed E-state index contributed by atoms with van der Waals surface area (Å²) in [7, 11) is 1.70. The molecule has 0 unspecified atom stereocenters. The summed E-state index contributed by atoms with van der Waals surface area (Å²) in [6.45, 7) is 4.96. The number of halogens is 1. The van der Waals surface area contributed by atoms with Crippen LogP contribution < -0.4 is 0 Å². The van der Waals surface area contributed by atoms with Crippen LogP contribution in [0.2, 0.25) is 5.02 Å². The Morgan fingerprint density at radius 1 is 1.14 bits per heavy atom. The van der Waals surface area contributed by atoms with Crippen molar-refractivity contribution in [3.05, 3.63) is 58.9 Å². The van der Waals surface area contributed by atoms with Crippen LogP contribution in [-0.2, 0) is 22.6 Å². The predicted octanol–water partition coefficient (Wildman–Crippen LogP) is 5.53. The van der Waals surface area contributed by atoms with Crippen molar-refractivity contribution < 1.29 is 9.53 Å². The van der Waals surface area contributed by atoms with Crippen LogP contribution in [0.1, 0.15) is 56.7 Å². The first-order chi connectivity index (χ1) is 13.6. The second-order valence-electron chi connectivity index (χ2n) is 7.23. The van der Waals surface area contributed by atoms with Gasteiger partial charge >= 0.3 is 0 Å². The SMILES string of the molecule is CCCCCCC(=O)N(CCCOC)Cc1cccn1Cc1cccc(Cl)c1. The van der Waals surface area contributed by atoms with Crippen LogP contribution >= 0.6 is 11.6 Å². The lowest BCUT2D eigenvalue weighted by molar-refractivity contribution is -0.132. The van der Waals surface area contributed by atoms with Gasteiger partial charge in [0.15, 0.2) is 0 Å². The molecule has 1 aromatic heterocycles. The summed E-state index contributed by atoms with van der Waals surface area (Å²) in [6, 6.07) is 12.1. The van der Waals surface area contributed by atoms with Crippen molar-refractivity contribution in [1.29, 1.82) is 0 Å². The molecule has 0 aliphatic carbocycles. The molecule has 4 nitrogen and oxygen atoms in total. The third kappa shape index (κ3) is 7.69. The molecule has 0 atom stereocenters. The molecule has 1 amide bonds. The standard InChI is InChI=1S/C23H33ClN2O2/c1-3-4-5-6-13-23(27)26(15-9-16-28-2)19-22-12-8-14-25(22)18-20-10-7-11-21(24)17-20/h7-8,10-12,14,17H,3-6,9,13,15-16,18-19H2,1-2H3. The number of unbranched alkanes of at least 4 members (excludes halogenated alkanes) is 3. The highest BCUT2D eigenvalue weighted by Gasteiger charge is 2.15. The van der Waals surface area contributed by atoms with Crippen LogP contribution in [0.5, 0.6) is 0 Å². The summed E-state index contributed by atoms with van der Waals surface area (Å²) in [4.78, 5) is 14.8. The predicted molar refractivity (Wildman–Crippen MR) is 116 cm³/mol. The lowest BCUT2D eigenvalue weighted by atomic mass is 10.1. The van der Waals surface area contributed by atoms with Gasteiger partial charge in [-0.2, -0.15) is 0 Å². The first kappa shape index (κ1) is 22.5. The number of hydrogen-bond donors (Lipinski definition) is 0. The number of benzene rings is 1. The number of methoxy groups -OCH3 is 1. The van der Waals surface area contributed by atoms with E-state index in [4.69, 9.17) is 16.3 Å². The van der Waals surface area contributed by atoms with E-state index in [0.29, 0.717) is 19.6 Å². The molecule has 2 aromatic rings. The summed E-state index contributed by atoms with van der Waals surface area (Å²) in [5.74, 6) is 0.239. The van der Waals surface area contributed by atoms with Crippen LogP contribution in [0.15, 0.2) is 42.6 Å². The zero-order valence-corrected chi connectivity index (χ0v) is 18.0. The van der Waals surface area contributed by atoms with Crippen LogP contribution in [0, 0.1) is 0 Å². The monoisotopic (exact) mass is 404 g/mol. The minimum absolute atomic E-state index is 0.239. The second-order valence-corrected chi connectivity index (χ2v) is 7.67. The van der Waals surface area contributed by atoms with Crippen molar-refractivity contribution in [2.24, 2.45) is 0 Å². The molecule has 2 rings (SSSR count). The number of ether oxygens (including phenoxy) is 1. The Morgan fingerprint density at radius 2 is 2.00 bits per heavy atom. The molecule has 0 N–H and O–H groups in total. The van der Waals surface area contributed by atoms with Crippen LogP contribution in [0.25, 0.3) is 0 Å². The summed E-state index contributed by atoms with van der Waals surface area (Å²) in [5.41, 5.74) is 2.29. The Kier molecular flexibility index (Phi) is 10.2. The van der Waals surface area contributed by atoms with Gasteiger partial charge < -0.3 is 14.2 Å². The van der Waals surface area contributed by atoms with Gasteiger partial charge in [0.2, 0.25) is 5.91 Å². The van der Waals surface area contributed by atoms with Crippen LogP contribution in [0.3, 0.4) is 0 Å². The number of nitrogens with zero attached hydrogens (tertiary/aromatic N) is 2. The Labute approximate surface area is 174 Å². The molecule has 0 fully saturated rings. The quantitative estimate of drug-likeness (QED) is 0.411. The lowest BCUT2D eigenvalue weighted by Gasteiger charge is -2.24. The molecule has 28 heavy (non-hydrogen) atoms. The normalized spacial score (nSPS) is 11.0. The summed E-state index contributed by atoms with van der Waals surface area (Å²) >= 11 is 6.12. The maximum absolute atomic E-state index is 12.8. The second kappa shape index (κ2) is 12.6. The van der Waals surface area contributed by atoms with Crippen molar-refractivity contribution in [2.45, 2.75) is 58.5 Å². The third-order valence-corrected chi connectivity index (χ3v) is 5.13. The smallest absolute Gasteiger partial charge is 0.222 e. The average Bonchev–Trinajstić information content (AvgIpc) is 3.11. The topological polar surface area (TPSA) is 34.5 Å². The largest absolute Gasteiger partial charge is 0.385 e. The van der Waals surface area contributed by atoms with Gasteiger partial charge in [-0.3, -0.25) is 4.79 Å². The number of amides is 1. The van der Waals surface area contributed by atoms with E-state index in [1.54, 1.807) is 7.11 Å². The highest BCUT2D eigenvalue weighted by molar-refractivity contribution is 6.30. The fraction of sp³-hybridized carbons (Fsp3) is 0.522. The Bertz CT molecular complexity index is 714. The van der Waals surface area contributed by atoms with Gasteiger partial charge in [-0.15, -0.1) is 0 Å². The van der Waals surface area contributed by atoms with E-state index in [1.807, 2.05) is 29.2 Å². The van der Waals surface area contributed by atoms with Gasteiger partial charge in [0.05, 0.1) is 6.54 Å². The first-order valence-electron chi connectivity index (χ1n) is 10.3. The fourth-order valence-corrected chi connectivity index (χ4v) is 3.54. The highest BCUT2D eigenvalue weighted by atomic mass is 35.5. The van der Waals surface area contributed by atoms with Crippen LogP contribution in [-0.4, -0.2) is 35.6 Å². The minimum Gasteiger partial charge on any atom is -0.385 e. The van der Waals surface area contributed by atoms with Gasteiger partial charge in [-0.1, -0.05) is 49.9 Å². The molecule has 0 spiro atoms. The Balaban J connectivity index is 2.02. The minimum atomic E-state index is 0.239. The lowest BCUT2D eigenvalue weighted by Crippen LogP contribution is -2.32. The number of aromatic nitrogens is 1. The Hall–Kier alpha value is -1.78. The molecular weight excluding hydrogens is 372 g/mol. The first-order valence-corrected chi connectivity index (χ1v) is 10.7. The van der Waals surface area contributed by atoms with E-state index in [2.05, 4.69) is 29.8 Å². The number of rotatable bonds is 13. The molecule has 0 saturated carbocycles. The average molecular weight is 405 g/mol. The number of carbonyl (C=O) groups is 1. The molecule has 5 heteroatoms. The van der Waals surface area contributed by atoms with Gasteiger partial charge in [0, 0.05) is 50.1 Å². The van der Waals surface area contributed by atoms with Crippen molar-refractivity contribution in [3.63, 3.8) is 0 Å². The van der Waals surface area contributed by atoms with Crippen molar-refractivity contribution >= 4 is 17.5 Å². The van der Waals surface area contributed by atoms with E-state index in [1.165, 1.54) is 12.8 Å². The van der Waals surface area contributed by atoms with Gasteiger partial charge in [0.25, 0.3) is 0 Å². The number of carbonyl (C=O) groups excluding carboxylic acids is 1. The summed E-state index contributed by atoms with van der Waals surface area (Å²) in [5, 5.41) is 0.745. The number of hydrogen-bond acceptors (Lipinski definition) is 2. The van der Waals surface area contributed by atoms with Crippen molar-refractivity contribution in [3.8, 4) is 0 Å². The van der Waals surface area contributed by atoms with E-state index in [-0.39, 0.29) is 5.91 Å². The Morgan fingerprint density at radius 3 is 2.75 bits per heavy atom. The molecule has 154 valence electrons. The fourth-order valence-electron chi connectivity index (χ4n) is 3.33. The van der Waals surface area contributed by atoms with Crippen molar-refractivity contribution in [1.82, 2.24) is 9.47 Å². The maximum Gasteiger partial charge on any atom is 0.222 e. The van der Waals surface area contributed by atoms with Crippen molar-refractivity contribution in [2.75, 3.05) is 20.3 Å². The summed E-state index contributed by atoms with van der Waals surface area (Å²) < 4.78 is 7.37. The highest BCUT2D eigenvalue weighted by Crippen LogP contribution is 2.16. The van der Waals surface area contributed by atoms with Crippen LogP contribution in [0.4, 0.5) is 0 Å². The van der Waals surface area contributed by atoms with E-state index in [9.17, 15) is 4.79 Å². The molecule has 0 saturated heterocycles. The van der Waals surface area contributed by atoms with E-state index >= 15 is 0 Å². The zero-order valence-electron chi connectivity index (χ0n) is 17.2. The third-order valence-electron chi connectivity index (χ3n) is 4.89. The molecule has 0 aliphatic rings. The van der Waals surface area contributed by atoms with Gasteiger partial charge in [-0.25, -0.2) is 0 Å². The molecule has 0 aliphatic heterocycles. The molecular formula is C23H33ClN2O2. The van der Waals surface area contributed by atoms with E-state index < -0.39 is 0 Å². The molecule has 0 bridgehead atoms. The van der Waals surface area contributed by atoms with Gasteiger partial charge in [-0.05, 0) is 42.7 Å². The molecule has 1 heterocycles. The van der Waals surface area contributed by atoms with Gasteiger partial charge in [0.1, 0.15) is 0 Å². The van der Waals surface area contributed by atoms with E-state index in [0.717, 1.165) is 48.6 Å². The maximum atomic E-state index is 12.8.